The molecule has 0 radical (unpaired) electrons. The highest BCUT2D eigenvalue weighted by Gasteiger charge is 2.28. The summed E-state index contributed by atoms with van der Waals surface area (Å²) in [6.07, 6.45) is 7.69. The molecule has 1 atom stereocenters. The monoisotopic (exact) mass is 458 g/mol. The van der Waals surface area contributed by atoms with E-state index in [1.54, 1.807) is 22.4 Å². The molecule has 0 fully saturated rings. The van der Waals surface area contributed by atoms with Crippen LogP contribution in [0.5, 0.6) is 0 Å². The van der Waals surface area contributed by atoms with Gasteiger partial charge >= 0.3 is 0 Å². The van der Waals surface area contributed by atoms with E-state index < -0.39 is 5.66 Å². The van der Waals surface area contributed by atoms with Gasteiger partial charge in [0.15, 0.2) is 0 Å². The van der Waals surface area contributed by atoms with Crippen molar-refractivity contribution in [2.24, 2.45) is 7.05 Å². The zero-order valence-corrected chi connectivity index (χ0v) is 20.1. The van der Waals surface area contributed by atoms with E-state index in [0.29, 0.717) is 24.4 Å². The lowest BCUT2D eigenvalue weighted by Gasteiger charge is -2.34. The zero-order valence-electron chi connectivity index (χ0n) is 19.0. The number of aromatic nitrogens is 3. The molecule has 1 aliphatic rings. The van der Waals surface area contributed by atoms with Crippen molar-refractivity contribution in [3.8, 4) is 0 Å². The van der Waals surface area contributed by atoms with Gasteiger partial charge in [-0.1, -0.05) is 28.8 Å². The summed E-state index contributed by atoms with van der Waals surface area (Å²) >= 11 is 0. The molecule has 170 valence electrons. The third kappa shape index (κ3) is 4.88. The van der Waals surface area contributed by atoms with Crippen molar-refractivity contribution in [2.45, 2.75) is 45.8 Å². The molecule has 0 amide bonds. The minimum absolute atomic E-state index is 0.102. The van der Waals surface area contributed by atoms with E-state index in [1.807, 2.05) is 13.0 Å². The average molecular weight is 458 g/mol. The molecule has 0 aromatic carbocycles. The quantitative estimate of drug-likeness (QED) is 0.457. The Hall–Kier alpha value is -2.66. The van der Waals surface area contributed by atoms with E-state index in [-0.39, 0.29) is 11.1 Å². The molecule has 0 saturated carbocycles. The predicted octanol–water partition coefficient (Wildman–Crippen LogP) is 4.89. The lowest BCUT2D eigenvalue weighted by Crippen LogP contribution is -2.32. The van der Waals surface area contributed by atoms with E-state index in [0.717, 1.165) is 35.5 Å². The largest absolute Gasteiger partial charge is 0.367 e. The number of allylic oxidation sites excluding steroid dienone is 2. The first-order valence-electron chi connectivity index (χ1n) is 10.5. The molecule has 2 aromatic rings. The van der Waals surface area contributed by atoms with E-state index in [4.69, 9.17) is 0 Å². The summed E-state index contributed by atoms with van der Waals surface area (Å²) in [5.41, 5.74) is 2.03. The molecular weight excluding hydrogens is 429 g/mol. The van der Waals surface area contributed by atoms with Gasteiger partial charge in [0.05, 0.1) is 5.56 Å². The van der Waals surface area contributed by atoms with Crippen LogP contribution in [0.15, 0.2) is 46.7 Å². The van der Waals surface area contributed by atoms with E-state index >= 15 is 0 Å². The lowest BCUT2D eigenvalue weighted by molar-refractivity contribution is 0.103. The Labute approximate surface area is 189 Å². The van der Waals surface area contributed by atoms with Crippen molar-refractivity contribution >= 4 is 21.4 Å². The SMILES string of the molecule is C=Cc1cnc(/C=C(C)\C(=C(/C)CC)N2CCc3ncc(C(F)(F)P)cc3C2)n(C)c1=O. The molecule has 1 unspecified atom stereocenters. The highest BCUT2D eigenvalue weighted by molar-refractivity contribution is 7.17. The van der Waals surface area contributed by atoms with Crippen LogP contribution < -0.4 is 5.56 Å². The summed E-state index contributed by atoms with van der Waals surface area (Å²) in [5, 5.41) is 0. The first-order valence-corrected chi connectivity index (χ1v) is 11.1. The van der Waals surface area contributed by atoms with Crippen molar-refractivity contribution in [1.82, 2.24) is 19.4 Å². The molecule has 8 heteroatoms. The zero-order chi connectivity index (χ0) is 23.6. The number of pyridine rings is 1. The Balaban J connectivity index is 2.00. The van der Waals surface area contributed by atoms with E-state index in [9.17, 15) is 13.6 Å². The van der Waals surface area contributed by atoms with Gasteiger partial charge in [-0.15, -0.1) is 0 Å². The van der Waals surface area contributed by atoms with Crippen LogP contribution >= 0.6 is 9.24 Å². The van der Waals surface area contributed by atoms with Crippen LogP contribution in [0.4, 0.5) is 8.78 Å². The van der Waals surface area contributed by atoms with Crippen molar-refractivity contribution in [1.29, 1.82) is 0 Å². The molecule has 0 saturated heterocycles. The second-order valence-electron chi connectivity index (χ2n) is 8.07. The Morgan fingerprint density at radius 2 is 2.03 bits per heavy atom. The normalized spacial score (nSPS) is 15.3. The van der Waals surface area contributed by atoms with Gasteiger partial charge in [0.2, 0.25) is 0 Å². The van der Waals surface area contributed by atoms with Crippen molar-refractivity contribution in [3.63, 3.8) is 0 Å². The van der Waals surface area contributed by atoms with Gasteiger partial charge in [-0.05, 0) is 49.1 Å². The van der Waals surface area contributed by atoms with Gasteiger partial charge in [-0.3, -0.25) is 14.3 Å². The highest BCUT2D eigenvalue weighted by Crippen LogP contribution is 2.36. The van der Waals surface area contributed by atoms with Crippen molar-refractivity contribution in [2.75, 3.05) is 6.54 Å². The Morgan fingerprint density at radius 1 is 1.31 bits per heavy atom. The second-order valence-corrected chi connectivity index (χ2v) is 8.80. The summed E-state index contributed by atoms with van der Waals surface area (Å²) in [6, 6.07) is 1.55. The molecule has 1 aliphatic heterocycles. The van der Waals surface area contributed by atoms with Gasteiger partial charge in [-0.2, -0.15) is 8.78 Å². The summed E-state index contributed by atoms with van der Waals surface area (Å²) in [5.74, 6) is 0.545. The number of fused-ring (bicyclic) bond motifs is 1. The summed E-state index contributed by atoms with van der Waals surface area (Å²) in [4.78, 5) is 23.4. The Kier molecular flexibility index (Phi) is 7.09. The molecule has 0 aliphatic carbocycles. The number of nitrogens with zero attached hydrogens (tertiary/aromatic N) is 4. The maximum absolute atomic E-state index is 13.8. The third-order valence-corrected chi connectivity index (χ3v) is 6.18. The molecule has 3 heterocycles. The molecule has 3 rings (SSSR count). The van der Waals surface area contributed by atoms with Crippen LogP contribution in [0.25, 0.3) is 12.2 Å². The molecule has 2 aromatic heterocycles. The average Bonchev–Trinajstić information content (AvgIpc) is 2.76. The first-order chi connectivity index (χ1) is 15.1. The number of halogens is 2. The number of alkyl halides is 2. The highest BCUT2D eigenvalue weighted by atomic mass is 31.0. The van der Waals surface area contributed by atoms with E-state index in [1.165, 1.54) is 28.6 Å². The molecular formula is C24H29F2N4OP. The minimum atomic E-state index is -3.01. The van der Waals surface area contributed by atoms with Gasteiger partial charge in [-0.25, -0.2) is 4.98 Å². The summed E-state index contributed by atoms with van der Waals surface area (Å²) in [7, 11) is 3.26. The lowest BCUT2D eigenvalue weighted by atomic mass is 9.99. The molecule has 0 bridgehead atoms. The van der Waals surface area contributed by atoms with Crippen LogP contribution in [-0.4, -0.2) is 26.0 Å². The smallest absolute Gasteiger partial charge is 0.285 e. The number of hydrogen-bond donors (Lipinski definition) is 0. The molecule has 5 nitrogen and oxygen atoms in total. The summed E-state index contributed by atoms with van der Waals surface area (Å²) < 4.78 is 29.1. The maximum atomic E-state index is 13.8. The van der Waals surface area contributed by atoms with E-state index in [2.05, 4.69) is 35.3 Å². The van der Waals surface area contributed by atoms with Crippen LogP contribution in [-0.2, 0) is 25.7 Å². The van der Waals surface area contributed by atoms with Crippen molar-refractivity contribution in [3.05, 3.63) is 80.4 Å². The standard InChI is InChI=1S/C24H29F2N4OP/c1-6-15(3)22(16(4)10-21-28-12-17(7-2)23(31)29(21)5)30-9-8-20-18(14-30)11-19(13-27-20)24(25,26)32/h7,10-13H,2,6,8-9,14,32H2,1,3-5H3/b16-10-,22-15-. The summed E-state index contributed by atoms with van der Waals surface area (Å²) in [6.45, 7) is 11.0. The topological polar surface area (TPSA) is 51.0 Å². The molecule has 0 spiro atoms. The molecule has 0 N–H and O–H groups in total. The predicted molar refractivity (Wildman–Crippen MR) is 128 cm³/mol. The van der Waals surface area contributed by atoms with Gasteiger partial charge in [0.25, 0.3) is 11.2 Å². The second kappa shape index (κ2) is 9.45. The maximum Gasteiger partial charge on any atom is 0.285 e. The fourth-order valence-electron chi connectivity index (χ4n) is 3.93. The minimum Gasteiger partial charge on any atom is -0.367 e. The Bertz CT molecular complexity index is 1160. The third-order valence-electron chi connectivity index (χ3n) is 5.85. The fourth-order valence-corrected chi connectivity index (χ4v) is 4.09. The number of rotatable bonds is 6. The van der Waals surface area contributed by atoms with Gasteiger partial charge < -0.3 is 4.90 Å². The molecule has 32 heavy (non-hydrogen) atoms. The first kappa shape index (κ1) is 24.0. The van der Waals surface area contributed by atoms with Gasteiger partial charge in [0, 0.05) is 55.9 Å². The Morgan fingerprint density at radius 3 is 2.66 bits per heavy atom. The van der Waals surface area contributed by atoms with Crippen molar-refractivity contribution < 1.29 is 8.78 Å². The van der Waals surface area contributed by atoms with Gasteiger partial charge in [0.1, 0.15) is 5.82 Å². The van der Waals surface area contributed by atoms with Crippen LogP contribution in [0.1, 0.15) is 55.4 Å². The van der Waals surface area contributed by atoms with Crippen LogP contribution in [0.3, 0.4) is 0 Å². The van der Waals surface area contributed by atoms with Crippen LogP contribution in [0.2, 0.25) is 0 Å². The van der Waals surface area contributed by atoms with Crippen LogP contribution in [0, 0.1) is 0 Å². The fraction of sp³-hybridized carbons (Fsp3) is 0.375. The number of hydrogen-bond acceptors (Lipinski definition) is 4.